The van der Waals surface area contributed by atoms with Crippen LogP contribution in [-0.4, -0.2) is 35.8 Å². The van der Waals surface area contributed by atoms with Gasteiger partial charge in [0, 0.05) is 37.0 Å². The molecule has 0 aliphatic rings. The summed E-state index contributed by atoms with van der Waals surface area (Å²) in [7, 11) is 1.73. The molecule has 0 bridgehead atoms. The Morgan fingerprint density at radius 3 is 2.73 bits per heavy atom. The maximum atomic E-state index is 13.7. The number of amides is 1. The number of carbonyl (C=O) groups excluding carboxylic acids is 1. The molecule has 3 heterocycles. The van der Waals surface area contributed by atoms with Crippen molar-refractivity contribution in [3.63, 3.8) is 0 Å². The summed E-state index contributed by atoms with van der Waals surface area (Å²) in [5.74, 6) is -1.45. The van der Waals surface area contributed by atoms with Crippen molar-refractivity contribution in [2.75, 3.05) is 11.1 Å². The number of hydrogen-bond acceptors (Lipinski definition) is 6. The first kappa shape index (κ1) is 22.6. The van der Waals surface area contributed by atoms with E-state index in [0.717, 1.165) is 35.5 Å². The summed E-state index contributed by atoms with van der Waals surface area (Å²) in [6.45, 7) is 3.71. The van der Waals surface area contributed by atoms with E-state index in [0.29, 0.717) is 27.9 Å². The lowest BCUT2D eigenvalue weighted by Gasteiger charge is -2.09. The fraction of sp³-hybridized carbons (Fsp3) is 0.227. The molecule has 0 aliphatic carbocycles. The summed E-state index contributed by atoms with van der Waals surface area (Å²) < 4.78 is 30.2. The topological polar surface area (TPSA) is 94.2 Å². The molecule has 4 aromatic rings. The van der Waals surface area contributed by atoms with Gasteiger partial charge in [0.05, 0.1) is 11.4 Å². The summed E-state index contributed by atoms with van der Waals surface area (Å²) in [5, 5.41) is 11.0. The van der Waals surface area contributed by atoms with Gasteiger partial charge in [0.15, 0.2) is 5.16 Å². The third-order valence-electron chi connectivity index (χ3n) is 5.08. The molecule has 0 unspecified atom stereocenters. The zero-order valence-electron chi connectivity index (χ0n) is 18.1. The van der Waals surface area contributed by atoms with Crippen LogP contribution in [-0.2, 0) is 18.3 Å². The van der Waals surface area contributed by atoms with Crippen LogP contribution in [0.4, 0.5) is 14.5 Å². The molecule has 3 aromatic heterocycles. The van der Waals surface area contributed by atoms with E-state index in [1.807, 2.05) is 19.1 Å². The van der Waals surface area contributed by atoms with Gasteiger partial charge in [-0.25, -0.2) is 13.8 Å². The highest BCUT2D eigenvalue weighted by atomic mass is 32.2. The molecule has 0 saturated carbocycles. The Kier molecular flexibility index (Phi) is 6.23. The summed E-state index contributed by atoms with van der Waals surface area (Å²) in [6.07, 6.45) is 1.92. The van der Waals surface area contributed by atoms with Gasteiger partial charge >= 0.3 is 0 Å². The Hall–Kier alpha value is -3.60. The van der Waals surface area contributed by atoms with Gasteiger partial charge in [-0.1, -0.05) is 11.8 Å². The largest absolute Gasteiger partial charge is 0.323 e. The minimum absolute atomic E-state index is 0.0828. The van der Waals surface area contributed by atoms with Crippen LogP contribution in [0.5, 0.6) is 0 Å². The van der Waals surface area contributed by atoms with E-state index in [9.17, 15) is 18.4 Å². The highest BCUT2D eigenvalue weighted by Crippen LogP contribution is 2.20. The Bertz CT molecular complexity index is 1430. The fourth-order valence-corrected chi connectivity index (χ4v) is 4.01. The number of carbonyl (C=O) groups is 1. The van der Waals surface area contributed by atoms with Crippen molar-refractivity contribution in [3.05, 3.63) is 81.2 Å². The number of pyridine rings is 1. The van der Waals surface area contributed by atoms with Crippen molar-refractivity contribution in [2.45, 2.75) is 25.4 Å². The van der Waals surface area contributed by atoms with E-state index < -0.39 is 17.5 Å². The minimum Gasteiger partial charge on any atom is -0.323 e. The smallest absolute Gasteiger partial charge is 0.261 e. The van der Waals surface area contributed by atoms with Crippen molar-refractivity contribution in [1.82, 2.24) is 24.1 Å². The molecule has 33 heavy (non-hydrogen) atoms. The molecule has 0 atom stereocenters. The van der Waals surface area contributed by atoms with Gasteiger partial charge in [-0.2, -0.15) is 0 Å². The number of anilines is 1. The van der Waals surface area contributed by atoms with Crippen molar-refractivity contribution in [1.29, 1.82) is 0 Å². The van der Waals surface area contributed by atoms with Gasteiger partial charge in [-0.3, -0.25) is 14.0 Å². The number of rotatable bonds is 6. The van der Waals surface area contributed by atoms with Gasteiger partial charge < -0.3 is 9.88 Å². The van der Waals surface area contributed by atoms with Crippen LogP contribution in [0.1, 0.15) is 22.6 Å². The molecular formula is C22H20F2N6O2S. The van der Waals surface area contributed by atoms with Crippen LogP contribution in [0, 0.1) is 25.5 Å². The van der Waals surface area contributed by atoms with Gasteiger partial charge in [-0.15, -0.1) is 10.2 Å². The third-order valence-corrected chi connectivity index (χ3v) is 6.10. The predicted molar refractivity (Wildman–Crippen MR) is 120 cm³/mol. The summed E-state index contributed by atoms with van der Waals surface area (Å²) in [5.41, 5.74) is 2.30. The van der Waals surface area contributed by atoms with Crippen LogP contribution in [0.25, 0.3) is 5.65 Å². The monoisotopic (exact) mass is 470 g/mol. The van der Waals surface area contributed by atoms with Crippen molar-refractivity contribution < 1.29 is 13.6 Å². The second-order valence-corrected chi connectivity index (χ2v) is 8.45. The van der Waals surface area contributed by atoms with E-state index in [4.69, 9.17) is 0 Å². The lowest BCUT2D eigenvalue weighted by Crippen LogP contribution is -2.22. The molecule has 0 radical (unpaired) electrons. The minimum atomic E-state index is -0.725. The van der Waals surface area contributed by atoms with E-state index in [1.165, 1.54) is 4.40 Å². The normalized spacial score (nSPS) is 11.2. The average molecular weight is 471 g/mol. The highest BCUT2D eigenvalue weighted by Gasteiger charge is 2.17. The second-order valence-electron chi connectivity index (χ2n) is 7.51. The first-order valence-corrected chi connectivity index (χ1v) is 11.0. The quantitative estimate of drug-likeness (QED) is 0.436. The maximum absolute atomic E-state index is 13.7. The number of thioether (sulfide) groups is 1. The molecule has 11 heteroatoms. The Labute approximate surface area is 191 Å². The highest BCUT2D eigenvalue weighted by molar-refractivity contribution is 7.99. The summed E-state index contributed by atoms with van der Waals surface area (Å²) in [6, 6.07) is 6.52. The first-order chi connectivity index (χ1) is 15.7. The van der Waals surface area contributed by atoms with E-state index in [1.54, 1.807) is 24.7 Å². The molecule has 8 nitrogen and oxygen atoms in total. The van der Waals surface area contributed by atoms with Gasteiger partial charge in [0.1, 0.15) is 23.1 Å². The second kappa shape index (κ2) is 9.10. The zero-order valence-corrected chi connectivity index (χ0v) is 18.9. The molecular weight excluding hydrogens is 450 g/mol. The lowest BCUT2D eigenvalue weighted by atomic mass is 10.1. The lowest BCUT2D eigenvalue weighted by molar-refractivity contribution is -0.113. The SMILES string of the molecule is Cc1ccn2c(=O)c(Cc3nnc(SCC(=O)Nc4cc(F)ccc4F)n3C)c(C)nc2c1. The Balaban J connectivity index is 1.48. The van der Waals surface area contributed by atoms with Crippen molar-refractivity contribution >= 4 is 29.0 Å². The third kappa shape index (κ3) is 4.77. The Morgan fingerprint density at radius 2 is 1.94 bits per heavy atom. The van der Waals surface area contributed by atoms with Crippen LogP contribution < -0.4 is 10.9 Å². The standard InChI is InChI=1S/C22H20F2N6O2S/c1-12-6-7-30-18(8-12)25-13(2)15(21(30)32)10-19-27-28-22(29(19)3)33-11-20(31)26-17-9-14(23)4-5-16(17)24/h4-9H,10-11H2,1-3H3,(H,26,31). The number of hydrogen-bond donors (Lipinski definition) is 1. The first-order valence-electron chi connectivity index (χ1n) is 9.97. The van der Waals surface area contributed by atoms with Crippen LogP contribution in [0.3, 0.4) is 0 Å². The number of aromatic nitrogens is 5. The zero-order chi connectivity index (χ0) is 23.7. The molecule has 0 saturated heterocycles. The van der Waals surface area contributed by atoms with Crippen molar-refractivity contribution in [3.8, 4) is 0 Å². The molecule has 0 fully saturated rings. The maximum Gasteiger partial charge on any atom is 0.261 e. The Morgan fingerprint density at radius 1 is 1.15 bits per heavy atom. The van der Waals surface area contributed by atoms with Crippen molar-refractivity contribution in [2.24, 2.45) is 7.05 Å². The average Bonchev–Trinajstić information content (AvgIpc) is 3.11. The van der Waals surface area contributed by atoms with E-state index >= 15 is 0 Å². The number of fused-ring (bicyclic) bond motifs is 1. The molecule has 170 valence electrons. The van der Waals surface area contributed by atoms with Crippen LogP contribution >= 0.6 is 11.8 Å². The fourth-order valence-electron chi connectivity index (χ4n) is 3.28. The summed E-state index contributed by atoms with van der Waals surface area (Å²) in [4.78, 5) is 29.7. The van der Waals surface area contributed by atoms with Gasteiger partial charge in [-0.05, 0) is 43.7 Å². The van der Waals surface area contributed by atoms with Crippen LogP contribution in [0.2, 0.25) is 0 Å². The molecule has 1 aromatic carbocycles. The molecule has 0 aliphatic heterocycles. The number of nitrogens with zero attached hydrogens (tertiary/aromatic N) is 5. The van der Waals surface area contributed by atoms with Gasteiger partial charge in [0.2, 0.25) is 5.91 Å². The number of nitrogens with one attached hydrogen (secondary N) is 1. The molecule has 4 rings (SSSR count). The molecule has 1 amide bonds. The number of halogens is 2. The molecule has 1 N–H and O–H groups in total. The summed E-state index contributed by atoms with van der Waals surface area (Å²) >= 11 is 1.09. The van der Waals surface area contributed by atoms with Gasteiger partial charge in [0.25, 0.3) is 5.56 Å². The number of aryl methyl sites for hydroxylation is 2. The number of benzene rings is 1. The molecule has 0 spiro atoms. The van der Waals surface area contributed by atoms with Crippen LogP contribution in [0.15, 0.2) is 46.5 Å². The van der Waals surface area contributed by atoms with E-state index in [2.05, 4.69) is 20.5 Å². The predicted octanol–water partition coefficient (Wildman–Crippen LogP) is 3.04. The van der Waals surface area contributed by atoms with E-state index in [-0.39, 0.29) is 23.4 Å².